The Labute approximate surface area is 175 Å². The standard InChI is InChI=1S/C22H24ClN3OS/c1-16-9-11-19-20(15-16)28-22(24-19)26(14-6-13-25(2)3)21(27)12-10-17-7-4-5-8-18(17)23/h4-5,7-12,15H,6,13-14H2,1-3H3/b12-10+. The summed E-state index contributed by atoms with van der Waals surface area (Å²) in [6, 6.07) is 13.6. The second kappa shape index (κ2) is 9.32. The van der Waals surface area contributed by atoms with Crippen LogP contribution in [0.2, 0.25) is 5.02 Å². The van der Waals surface area contributed by atoms with Crippen molar-refractivity contribution in [1.82, 2.24) is 9.88 Å². The first-order valence-corrected chi connectivity index (χ1v) is 10.4. The van der Waals surface area contributed by atoms with Crippen molar-refractivity contribution in [2.75, 3.05) is 32.1 Å². The Kier molecular flexibility index (Phi) is 6.83. The average molecular weight is 414 g/mol. The van der Waals surface area contributed by atoms with Crippen LogP contribution in [0.25, 0.3) is 16.3 Å². The topological polar surface area (TPSA) is 36.4 Å². The molecule has 2 aromatic carbocycles. The monoisotopic (exact) mass is 413 g/mol. The van der Waals surface area contributed by atoms with Gasteiger partial charge in [0.2, 0.25) is 0 Å². The lowest BCUT2D eigenvalue weighted by atomic mass is 10.2. The molecule has 146 valence electrons. The smallest absolute Gasteiger partial charge is 0.252 e. The highest BCUT2D eigenvalue weighted by Gasteiger charge is 2.18. The molecule has 1 amide bonds. The first-order valence-electron chi connectivity index (χ1n) is 9.20. The minimum atomic E-state index is -0.0885. The number of benzene rings is 2. The molecule has 0 unspecified atom stereocenters. The summed E-state index contributed by atoms with van der Waals surface area (Å²) in [4.78, 5) is 21.6. The highest BCUT2D eigenvalue weighted by molar-refractivity contribution is 7.22. The van der Waals surface area contributed by atoms with Crippen molar-refractivity contribution in [2.45, 2.75) is 13.3 Å². The van der Waals surface area contributed by atoms with E-state index in [4.69, 9.17) is 16.6 Å². The van der Waals surface area contributed by atoms with Gasteiger partial charge in [-0.05, 0) is 69.4 Å². The van der Waals surface area contributed by atoms with Gasteiger partial charge in [0.15, 0.2) is 5.13 Å². The van der Waals surface area contributed by atoms with Gasteiger partial charge in [0.25, 0.3) is 5.91 Å². The van der Waals surface area contributed by atoms with Crippen molar-refractivity contribution in [2.24, 2.45) is 0 Å². The van der Waals surface area contributed by atoms with Crippen LogP contribution in [0.15, 0.2) is 48.5 Å². The summed E-state index contributed by atoms with van der Waals surface area (Å²) in [6.07, 6.45) is 4.21. The van der Waals surface area contributed by atoms with Crippen molar-refractivity contribution < 1.29 is 4.79 Å². The number of carbonyl (C=O) groups is 1. The molecule has 0 spiro atoms. The number of hydrogen-bond donors (Lipinski definition) is 0. The largest absolute Gasteiger partial charge is 0.309 e. The van der Waals surface area contributed by atoms with Crippen LogP contribution >= 0.6 is 22.9 Å². The third kappa shape index (κ3) is 5.19. The van der Waals surface area contributed by atoms with Gasteiger partial charge in [-0.2, -0.15) is 0 Å². The Bertz CT molecular complexity index is 996. The van der Waals surface area contributed by atoms with E-state index in [0.717, 1.165) is 33.9 Å². The fourth-order valence-corrected chi connectivity index (χ4v) is 4.14. The summed E-state index contributed by atoms with van der Waals surface area (Å²) in [5, 5.41) is 1.36. The Morgan fingerprint density at radius 3 is 2.71 bits per heavy atom. The zero-order valence-electron chi connectivity index (χ0n) is 16.4. The van der Waals surface area contributed by atoms with Crippen molar-refractivity contribution >= 4 is 50.3 Å². The van der Waals surface area contributed by atoms with E-state index >= 15 is 0 Å². The van der Waals surface area contributed by atoms with Gasteiger partial charge in [-0.15, -0.1) is 0 Å². The number of anilines is 1. The van der Waals surface area contributed by atoms with Crippen LogP contribution in [0, 0.1) is 6.92 Å². The maximum absolute atomic E-state index is 13.0. The van der Waals surface area contributed by atoms with Gasteiger partial charge in [0, 0.05) is 17.6 Å². The number of rotatable bonds is 7. The van der Waals surface area contributed by atoms with Crippen molar-refractivity contribution in [3.8, 4) is 0 Å². The third-order valence-electron chi connectivity index (χ3n) is 4.33. The lowest BCUT2D eigenvalue weighted by Gasteiger charge is -2.19. The number of hydrogen-bond acceptors (Lipinski definition) is 4. The second-order valence-corrected chi connectivity index (χ2v) is 8.39. The van der Waals surface area contributed by atoms with E-state index in [1.165, 1.54) is 5.56 Å². The van der Waals surface area contributed by atoms with E-state index in [-0.39, 0.29) is 5.91 Å². The van der Waals surface area contributed by atoms with Gasteiger partial charge < -0.3 is 4.90 Å². The molecule has 4 nitrogen and oxygen atoms in total. The number of carbonyl (C=O) groups excluding carboxylic acids is 1. The average Bonchev–Trinajstić information content (AvgIpc) is 3.06. The Morgan fingerprint density at radius 1 is 1.18 bits per heavy atom. The molecule has 0 fully saturated rings. The molecule has 0 bridgehead atoms. The van der Waals surface area contributed by atoms with Crippen LogP contribution in [0.4, 0.5) is 5.13 Å². The normalized spacial score (nSPS) is 11.6. The van der Waals surface area contributed by atoms with Crippen molar-refractivity contribution in [1.29, 1.82) is 0 Å². The molecule has 3 rings (SSSR count). The van der Waals surface area contributed by atoms with Crippen molar-refractivity contribution in [3.63, 3.8) is 0 Å². The summed E-state index contributed by atoms with van der Waals surface area (Å²) in [7, 11) is 4.06. The molecule has 3 aromatic rings. The molecule has 0 radical (unpaired) electrons. The van der Waals surface area contributed by atoms with E-state index in [2.05, 4.69) is 17.9 Å². The highest BCUT2D eigenvalue weighted by atomic mass is 35.5. The second-order valence-electron chi connectivity index (χ2n) is 6.97. The highest BCUT2D eigenvalue weighted by Crippen LogP contribution is 2.30. The predicted octanol–water partition coefficient (Wildman–Crippen LogP) is 5.26. The van der Waals surface area contributed by atoms with Crippen LogP contribution in [0.3, 0.4) is 0 Å². The van der Waals surface area contributed by atoms with Crippen LogP contribution in [0.5, 0.6) is 0 Å². The van der Waals surface area contributed by atoms with Gasteiger partial charge in [-0.1, -0.05) is 47.2 Å². The number of fused-ring (bicyclic) bond motifs is 1. The minimum Gasteiger partial charge on any atom is -0.309 e. The lowest BCUT2D eigenvalue weighted by Crippen LogP contribution is -2.32. The van der Waals surface area contributed by atoms with Gasteiger partial charge in [0.1, 0.15) is 0 Å². The van der Waals surface area contributed by atoms with Crippen LogP contribution in [-0.2, 0) is 4.79 Å². The van der Waals surface area contributed by atoms with Gasteiger partial charge in [-0.25, -0.2) is 4.98 Å². The number of aromatic nitrogens is 1. The molecule has 0 N–H and O–H groups in total. The zero-order chi connectivity index (χ0) is 20.1. The van der Waals surface area contributed by atoms with Crippen molar-refractivity contribution in [3.05, 3.63) is 64.7 Å². The van der Waals surface area contributed by atoms with E-state index < -0.39 is 0 Å². The Morgan fingerprint density at radius 2 is 1.96 bits per heavy atom. The zero-order valence-corrected chi connectivity index (χ0v) is 17.9. The minimum absolute atomic E-state index is 0.0885. The van der Waals surface area contributed by atoms with Crippen LogP contribution in [-0.4, -0.2) is 43.0 Å². The van der Waals surface area contributed by atoms with Gasteiger partial charge in [0.05, 0.1) is 10.2 Å². The molecule has 0 atom stereocenters. The number of nitrogens with zero attached hydrogens (tertiary/aromatic N) is 3. The predicted molar refractivity (Wildman–Crippen MR) is 120 cm³/mol. The Balaban J connectivity index is 1.86. The molecule has 6 heteroatoms. The quantitative estimate of drug-likeness (QED) is 0.496. The number of amides is 1. The summed E-state index contributed by atoms with van der Waals surface area (Å²) in [6.45, 7) is 3.58. The fourth-order valence-electron chi connectivity index (χ4n) is 2.84. The SMILES string of the molecule is Cc1ccc2nc(N(CCCN(C)C)C(=O)/C=C/c3ccccc3Cl)sc2c1. The molecular formula is C22H24ClN3OS. The molecular weight excluding hydrogens is 390 g/mol. The molecule has 28 heavy (non-hydrogen) atoms. The maximum atomic E-state index is 13.0. The molecule has 0 aliphatic heterocycles. The number of aryl methyl sites for hydroxylation is 1. The van der Waals surface area contributed by atoms with Gasteiger partial charge >= 0.3 is 0 Å². The summed E-state index contributed by atoms with van der Waals surface area (Å²) in [5.41, 5.74) is 2.93. The summed E-state index contributed by atoms with van der Waals surface area (Å²) in [5.74, 6) is -0.0885. The maximum Gasteiger partial charge on any atom is 0.252 e. The first kappa shape index (κ1) is 20.5. The third-order valence-corrected chi connectivity index (χ3v) is 5.71. The molecule has 0 saturated heterocycles. The van der Waals surface area contributed by atoms with Crippen LogP contribution < -0.4 is 4.90 Å². The number of thiazole rings is 1. The lowest BCUT2D eigenvalue weighted by molar-refractivity contribution is -0.114. The first-order chi connectivity index (χ1) is 13.4. The summed E-state index contributed by atoms with van der Waals surface area (Å²) >= 11 is 7.75. The van der Waals surface area contributed by atoms with E-state index in [0.29, 0.717) is 11.6 Å². The number of halogens is 1. The van der Waals surface area contributed by atoms with E-state index in [9.17, 15) is 4.79 Å². The molecule has 0 aliphatic carbocycles. The van der Waals surface area contributed by atoms with E-state index in [1.54, 1.807) is 28.4 Å². The Hall–Kier alpha value is -2.21. The van der Waals surface area contributed by atoms with E-state index in [1.807, 2.05) is 50.5 Å². The molecule has 0 aliphatic rings. The molecule has 0 saturated carbocycles. The fraction of sp³-hybridized carbons (Fsp3) is 0.273. The molecule has 1 aromatic heterocycles. The molecule has 1 heterocycles. The van der Waals surface area contributed by atoms with Crippen LogP contribution in [0.1, 0.15) is 17.5 Å². The van der Waals surface area contributed by atoms with Gasteiger partial charge in [-0.3, -0.25) is 9.69 Å². The summed E-state index contributed by atoms with van der Waals surface area (Å²) < 4.78 is 1.09.